The van der Waals surface area contributed by atoms with Crippen LogP contribution in [0.5, 0.6) is 5.75 Å². The molecule has 1 aliphatic rings. The number of nitrogens with zero attached hydrogens (tertiary/aromatic N) is 1. The average Bonchev–Trinajstić information content (AvgIpc) is 3.07. The van der Waals surface area contributed by atoms with Gasteiger partial charge in [0.1, 0.15) is 5.75 Å². The molecule has 4 rings (SSSR count). The van der Waals surface area contributed by atoms with Crippen molar-refractivity contribution in [3.8, 4) is 16.3 Å². The van der Waals surface area contributed by atoms with Gasteiger partial charge < -0.3 is 9.84 Å². The number of aryl methyl sites for hydroxylation is 1. The molecule has 2 heterocycles. The van der Waals surface area contributed by atoms with Crippen molar-refractivity contribution in [2.24, 2.45) is 5.92 Å². The van der Waals surface area contributed by atoms with Crippen LogP contribution in [0.15, 0.2) is 24.3 Å². The van der Waals surface area contributed by atoms with Gasteiger partial charge in [-0.1, -0.05) is 32.4 Å². The summed E-state index contributed by atoms with van der Waals surface area (Å²) in [5, 5.41) is 10.8. The second kappa shape index (κ2) is 9.68. The molecule has 1 saturated carbocycles. The summed E-state index contributed by atoms with van der Waals surface area (Å²) in [5.41, 5.74) is 5.13. The summed E-state index contributed by atoms with van der Waals surface area (Å²) >= 11 is 1.67. The summed E-state index contributed by atoms with van der Waals surface area (Å²) in [6.07, 6.45) is 9.43. The molecule has 0 saturated heterocycles. The van der Waals surface area contributed by atoms with Crippen molar-refractivity contribution in [3.63, 3.8) is 0 Å². The number of hydrogen-bond acceptors (Lipinski definition) is 4. The van der Waals surface area contributed by atoms with Gasteiger partial charge in [-0.25, -0.2) is 9.78 Å². The van der Waals surface area contributed by atoms with Crippen molar-refractivity contribution in [1.82, 2.24) is 4.98 Å². The molecule has 33 heavy (non-hydrogen) atoms. The van der Waals surface area contributed by atoms with Crippen LogP contribution in [0.4, 0.5) is 0 Å². The van der Waals surface area contributed by atoms with Crippen LogP contribution in [0.1, 0.15) is 78.4 Å². The van der Waals surface area contributed by atoms with E-state index in [0.717, 1.165) is 52.9 Å². The third-order valence-corrected chi connectivity index (χ3v) is 8.22. The molecule has 174 valence electrons. The van der Waals surface area contributed by atoms with Crippen molar-refractivity contribution in [1.29, 1.82) is 0 Å². The number of ether oxygens (including phenoxy) is 1. The average molecular weight is 464 g/mol. The highest BCUT2D eigenvalue weighted by Crippen LogP contribution is 2.40. The van der Waals surface area contributed by atoms with Gasteiger partial charge in [0.25, 0.3) is 0 Å². The lowest BCUT2D eigenvalue weighted by Crippen LogP contribution is -2.24. The molecule has 5 heteroatoms. The number of allylic oxidation sites excluding steroid dienone is 1. The molecule has 3 aromatic rings. The van der Waals surface area contributed by atoms with E-state index in [1.54, 1.807) is 17.4 Å². The Bertz CT molecular complexity index is 1220. The number of aromatic nitrogens is 1. The summed E-state index contributed by atoms with van der Waals surface area (Å²) in [5.74, 6) is 0.329. The topological polar surface area (TPSA) is 59.4 Å². The quantitative estimate of drug-likeness (QED) is 0.405. The fraction of sp³-hybridized carbons (Fsp3) is 0.429. The van der Waals surface area contributed by atoms with Crippen LogP contribution >= 0.6 is 11.3 Å². The monoisotopic (exact) mass is 463 g/mol. The standard InChI is InChI=1S/C28H33NO3S/c1-6-9-24-17(4)18(5)27(33-24)22-15-21(28(30)31)25-23(13-12-19(7-2)26(25)29-22)32-20-11-8-10-16(3)14-20/h6,9,12-13,15-16,20H,7-8,10-11,14H2,1-5H3,(H,30,31)/b9-6-/t16-,20-/m0/s1. The first kappa shape index (κ1) is 23.5. The van der Waals surface area contributed by atoms with Crippen molar-refractivity contribution in [2.75, 3.05) is 0 Å². The van der Waals surface area contributed by atoms with E-state index >= 15 is 0 Å². The van der Waals surface area contributed by atoms with E-state index < -0.39 is 5.97 Å². The Kier molecular flexibility index (Phi) is 6.89. The van der Waals surface area contributed by atoms with Gasteiger partial charge in [0.15, 0.2) is 0 Å². The molecule has 1 aromatic carbocycles. The van der Waals surface area contributed by atoms with Crippen molar-refractivity contribution < 1.29 is 14.6 Å². The first-order valence-electron chi connectivity index (χ1n) is 11.9. The summed E-state index contributed by atoms with van der Waals surface area (Å²) < 4.78 is 6.44. The predicted molar refractivity (Wildman–Crippen MR) is 138 cm³/mol. The Balaban J connectivity index is 1.91. The van der Waals surface area contributed by atoms with E-state index in [4.69, 9.17) is 9.72 Å². The molecule has 2 atom stereocenters. The number of pyridine rings is 1. The van der Waals surface area contributed by atoms with E-state index in [9.17, 15) is 9.90 Å². The highest BCUT2D eigenvalue weighted by Gasteiger charge is 2.25. The van der Waals surface area contributed by atoms with Crippen molar-refractivity contribution in [3.05, 3.63) is 51.4 Å². The molecule has 0 radical (unpaired) electrons. The number of carbonyl (C=O) groups is 1. The molecule has 0 bridgehead atoms. The fourth-order valence-corrected chi connectivity index (χ4v) is 6.12. The summed E-state index contributed by atoms with van der Waals surface area (Å²) in [4.78, 5) is 19.7. The lowest BCUT2D eigenvalue weighted by Gasteiger charge is -2.28. The van der Waals surface area contributed by atoms with Gasteiger partial charge in [0.2, 0.25) is 0 Å². The molecule has 1 aliphatic carbocycles. The zero-order valence-electron chi connectivity index (χ0n) is 20.2. The minimum Gasteiger partial charge on any atom is -0.490 e. The minimum atomic E-state index is -0.946. The van der Waals surface area contributed by atoms with Gasteiger partial charge in [0.05, 0.1) is 33.1 Å². The molecule has 2 aromatic heterocycles. The Morgan fingerprint density at radius 1 is 1.27 bits per heavy atom. The minimum absolute atomic E-state index is 0.122. The number of carboxylic acid groups (broad SMARTS) is 1. The summed E-state index contributed by atoms with van der Waals surface area (Å²) in [6.45, 7) is 10.5. The van der Waals surface area contributed by atoms with E-state index in [0.29, 0.717) is 17.1 Å². The van der Waals surface area contributed by atoms with Gasteiger partial charge in [-0.15, -0.1) is 11.3 Å². The Morgan fingerprint density at radius 2 is 2.06 bits per heavy atom. The number of carboxylic acids is 1. The molecular weight excluding hydrogens is 430 g/mol. The molecule has 0 aliphatic heterocycles. The summed E-state index contributed by atoms with van der Waals surface area (Å²) in [7, 11) is 0. The van der Waals surface area contributed by atoms with E-state index in [2.05, 4.69) is 33.8 Å². The number of benzene rings is 1. The van der Waals surface area contributed by atoms with Crippen LogP contribution < -0.4 is 4.74 Å². The maximum atomic E-state index is 12.5. The number of fused-ring (bicyclic) bond motifs is 1. The highest BCUT2D eigenvalue weighted by atomic mass is 32.1. The molecule has 0 amide bonds. The second-order valence-electron chi connectivity index (χ2n) is 9.22. The first-order valence-corrected chi connectivity index (χ1v) is 12.7. The predicted octanol–water partition coefficient (Wildman–Crippen LogP) is 7.83. The lowest BCUT2D eigenvalue weighted by atomic mass is 9.88. The highest BCUT2D eigenvalue weighted by molar-refractivity contribution is 7.16. The van der Waals surface area contributed by atoms with Crippen LogP contribution in [0.2, 0.25) is 0 Å². The maximum Gasteiger partial charge on any atom is 0.336 e. The Hall–Kier alpha value is -2.66. The van der Waals surface area contributed by atoms with Gasteiger partial charge in [-0.05, 0) is 87.3 Å². The lowest BCUT2D eigenvalue weighted by molar-refractivity contribution is 0.0698. The van der Waals surface area contributed by atoms with Gasteiger partial charge in [-0.2, -0.15) is 0 Å². The van der Waals surface area contributed by atoms with Crippen molar-refractivity contribution >= 4 is 34.3 Å². The number of thiophene rings is 1. The third-order valence-electron chi connectivity index (χ3n) is 6.83. The zero-order valence-corrected chi connectivity index (χ0v) is 21.0. The van der Waals surface area contributed by atoms with E-state index in [1.165, 1.54) is 16.9 Å². The Labute approximate surface area is 200 Å². The maximum absolute atomic E-state index is 12.5. The van der Waals surface area contributed by atoms with Crippen LogP contribution in [-0.2, 0) is 6.42 Å². The van der Waals surface area contributed by atoms with E-state index in [1.807, 2.05) is 25.1 Å². The van der Waals surface area contributed by atoms with Crippen LogP contribution in [0.3, 0.4) is 0 Å². The number of hydrogen-bond donors (Lipinski definition) is 1. The van der Waals surface area contributed by atoms with E-state index in [-0.39, 0.29) is 11.7 Å². The molecule has 1 fully saturated rings. The molecule has 0 spiro atoms. The second-order valence-corrected chi connectivity index (χ2v) is 10.3. The van der Waals surface area contributed by atoms with Crippen molar-refractivity contribution in [2.45, 2.75) is 72.8 Å². The SMILES string of the molecule is C/C=C\c1sc(-c2cc(C(=O)O)c3c(O[C@H]4CCC[C@H](C)C4)ccc(CC)c3n2)c(C)c1C. The normalized spacial score (nSPS) is 18.8. The number of rotatable bonds is 6. The third kappa shape index (κ3) is 4.56. The van der Waals surface area contributed by atoms with Crippen LogP contribution in [0.25, 0.3) is 27.6 Å². The molecular formula is C28H33NO3S. The van der Waals surface area contributed by atoms with Gasteiger partial charge in [-0.3, -0.25) is 0 Å². The first-order chi connectivity index (χ1) is 15.8. The van der Waals surface area contributed by atoms with Gasteiger partial charge >= 0.3 is 5.97 Å². The zero-order chi connectivity index (χ0) is 23.7. The number of aromatic carboxylic acids is 1. The fourth-order valence-electron chi connectivity index (χ4n) is 4.87. The van der Waals surface area contributed by atoms with Gasteiger partial charge in [0, 0.05) is 4.88 Å². The molecule has 4 nitrogen and oxygen atoms in total. The summed E-state index contributed by atoms with van der Waals surface area (Å²) in [6, 6.07) is 5.72. The largest absolute Gasteiger partial charge is 0.490 e. The smallest absolute Gasteiger partial charge is 0.336 e. The molecule has 1 N–H and O–H groups in total. The van der Waals surface area contributed by atoms with Crippen LogP contribution in [-0.4, -0.2) is 22.2 Å². The Morgan fingerprint density at radius 3 is 2.73 bits per heavy atom. The molecule has 0 unspecified atom stereocenters. The van der Waals surface area contributed by atoms with Crippen LogP contribution in [0, 0.1) is 19.8 Å².